The van der Waals surface area contributed by atoms with Crippen LogP contribution < -0.4 is 20.7 Å². The first-order valence-electron chi connectivity index (χ1n) is 16.8. The smallest absolute Gasteiger partial charge is 0.407 e. The number of aromatic nitrogens is 1. The summed E-state index contributed by atoms with van der Waals surface area (Å²) in [6.45, 7) is 3.80. The first-order valence-corrected chi connectivity index (χ1v) is 19.7. The van der Waals surface area contributed by atoms with E-state index in [0.29, 0.717) is 36.7 Å². The molecule has 0 fully saturated rings. The highest BCUT2D eigenvalue weighted by Gasteiger charge is 2.32. The Hall–Kier alpha value is -3.63. The van der Waals surface area contributed by atoms with Crippen molar-refractivity contribution in [1.29, 1.82) is 0 Å². The number of amides is 1. The number of nitrogens with one attached hydrogen (secondary N) is 1. The number of fused-ring (bicyclic) bond motifs is 2. The molecule has 1 atom stereocenters. The molecule has 2 heterocycles. The first kappa shape index (κ1) is 38.1. The van der Waals surface area contributed by atoms with Crippen molar-refractivity contribution in [3.05, 3.63) is 118 Å². The molecule has 1 aliphatic rings. The van der Waals surface area contributed by atoms with Gasteiger partial charge in [0.2, 0.25) is 5.52 Å². The van der Waals surface area contributed by atoms with Crippen LogP contribution >= 0.6 is 46.7 Å². The maximum absolute atomic E-state index is 12.4. The molecule has 4 N–H and O–H groups in total. The summed E-state index contributed by atoms with van der Waals surface area (Å²) in [5.74, 6) is 6.50. The fraction of sp³-hybridized carbons (Fsp3) is 0.263. The molecular formula is C38H40ClN4O6S3+. The van der Waals surface area contributed by atoms with E-state index in [-0.39, 0.29) is 6.61 Å². The summed E-state index contributed by atoms with van der Waals surface area (Å²) in [5.41, 5.74) is 4.64. The summed E-state index contributed by atoms with van der Waals surface area (Å²) in [4.78, 5) is 21.3. The van der Waals surface area contributed by atoms with Crippen molar-refractivity contribution in [2.75, 3.05) is 23.7 Å². The van der Waals surface area contributed by atoms with Crippen LogP contribution in [0.15, 0.2) is 107 Å². The lowest BCUT2D eigenvalue weighted by Gasteiger charge is -2.30. The molecule has 1 unspecified atom stereocenters. The van der Waals surface area contributed by atoms with Gasteiger partial charge >= 0.3 is 6.09 Å². The number of thiazole rings is 1. The fourth-order valence-corrected chi connectivity index (χ4v) is 8.71. The minimum atomic E-state index is -0.729. The zero-order valence-corrected chi connectivity index (χ0v) is 31.7. The van der Waals surface area contributed by atoms with E-state index in [1.165, 1.54) is 4.70 Å². The van der Waals surface area contributed by atoms with E-state index in [9.17, 15) is 4.79 Å². The number of halogens is 1. The summed E-state index contributed by atoms with van der Waals surface area (Å²) in [7, 11) is 0. The van der Waals surface area contributed by atoms with Crippen LogP contribution in [-0.2, 0) is 32.1 Å². The van der Waals surface area contributed by atoms with Crippen LogP contribution in [0.1, 0.15) is 36.8 Å². The summed E-state index contributed by atoms with van der Waals surface area (Å²) < 4.78 is 13.5. The van der Waals surface area contributed by atoms with Gasteiger partial charge in [-0.1, -0.05) is 106 Å². The second-order valence-corrected chi connectivity index (χ2v) is 15.7. The summed E-state index contributed by atoms with van der Waals surface area (Å²) >= 11 is 11.0. The SMILES string of the molecule is CC(CCNC(=O)OCc1ccccc1)(CCN1C(=Cc2sc3ccc(-c4ccccc4)cc3[n+]2CCCSOOO)Sc2ccc(Cl)cc21)ON. The number of alkyl carbamates (subject to hydrolysis) is 1. The Morgan fingerprint density at radius 3 is 2.60 bits per heavy atom. The Labute approximate surface area is 320 Å². The van der Waals surface area contributed by atoms with Crippen molar-refractivity contribution in [2.24, 2.45) is 5.90 Å². The third kappa shape index (κ3) is 9.86. The highest BCUT2D eigenvalue weighted by molar-refractivity contribution is 8.04. The molecule has 10 nitrogen and oxygen atoms in total. The number of thioether (sulfide) groups is 1. The Morgan fingerprint density at radius 2 is 1.83 bits per heavy atom. The van der Waals surface area contributed by atoms with Crippen LogP contribution in [0.25, 0.3) is 27.4 Å². The minimum absolute atomic E-state index is 0.196. The van der Waals surface area contributed by atoms with Gasteiger partial charge in [-0.15, -0.1) is 4.33 Å². The molecule has 4 aromatic carbocycles. The molecule has 6 rings (SSSR count). The lowest BCUT2D eigenvalue weighted by atomic mass is 9.97. The number of hydrogen-bond donors (Lipinski definition) is 3. The topological polar surface area (TPSA) is 119 Å². The minimum Gasteiger partial charge on any atom is -0.445 e. The average Bonchev–Trinajstić information content (AvgIpc) is 3.69. The molecule has 14 heteroatoms. The average molecular weight is 780 g/mol. The molecule has 0 radical (unpaired) electrons. The Morgan fingerprint density at radius 1 is 1.04 bits per heavy atom. The van der Waals surface area contributed by atoms with Gasteiger partial charge < -0.3 is 15.0 Å². The molecule has 0 spiro atoms. The third-order valence-corrected chi connectivity index (χ3v) is 11.8. The van der Waals surface area contributed by atoms with Gasteiger partial charge in [0.1, 0.15) is 11.3 Å². The second-order valence-electron chi connectivity index (χ2n) is 12.4. The zero-order chi connectivity index (χ0) is 36.3. The largest absolute Gasteiger partial charge is 0.445 e. The number of nitrogens with zero attached hydrogens (tertiary/aromatic N) is 2. The number of carbonyl (C=O) groups excluding carboxylic acids is 1. The van der Waals surface area contributed by atoms with Gasteiger partial charge in [-0.3, -0.25) is 4.84 Å². The molecule has 0 saturated carbocycles. The molecular weight excluding hydrogens is 740 g/mol. The lowest BCUT2D eigenvalue weighted by molar-refractivity contribution is -0.668. The number of ether oxygens (including phenoxy) is 1. The van der Waals surface area contributed by atoms with Gasteiger partial charge in [0.15, 0.2) is 6.54 Å². The maximum atomic E-state index is 12.4. The van der Waals surface area contributed by atoms with Gasteiger partial charge in [0.05, 0.1) is 22.4 Å². The fourth-order valence-electron chi connectivity index (χ4n) is 5.90. The number of nitrogens with two attached hydrogens (primary N) is 1. The molecule has 1 amide bonds. The lowest BCUT2D eigenvalue weighted by Crippen LogP contribution is -2.40. The monoisotopic (exact) mass is 779 g/mol. The van der Waals surface area contributed by atoms with Crippen molar-refractivity contribution in [1.82, 2.24) is 5.32 Å². The van der Waals surface area contributed by atoms with E-state index in [4.69, 9.17) is 32.3 Å². The van der Waals surface area contributed by atoms with Gasteiger partial charge in [-0.05, 0) is 60.7 Å². The standard InChI is InChI=1S/C38H39ClN4O6S3/c1-38(47-40,17-19-41-37(44)46-26-27-9-4-2-5-10-27)18-21-43-32-24-30(39)14-16-34(32)52-36(43)25-35-42(20-8-22-50-49-48-45)31-23-29(13-15-33(31)51-35)28-11-6-3-7-12-28/h2-7,9-16,23-25H,8,17-22,26,40H2,1H3,(H-,41,44,45)/p+1. The second kappa shape index (κ2) is 18.4. The molecule has 52 heavy (non-hydrogen) atoms. The van der Waals surface area contributed by atoms with Crippen LogP contribution in [0.4, 0.5) is 10.5 Å². The van der Waals surface area contributed by atoms with Crippen LogP contribution in [0, 0.1) is 0 Å². The number of rotatable bonds is 17. The zero-order valence-electron chi connectivity index (χ0n) is 28.5. The number of anilines is 1. The van der Waals surface area contributed by atoms with Crippen LogP contribution in [-0.4, -0.2) is 35.8 Å². The highest BCUT2D eigenvalue weighted by Crippen LogP contribution is 2.48. The summed E-state index contributed by atoms with van der Waals surface area (Å²) in [6, 6.07) is 32.4. The summed E-state index contributed by atoms with van der Waals surface area (Å²) in [6.07, 6.45) is 3.58. The van der Waals surface area contributed by atoms with E-state index in [2.05, 4.69) is 60.6 Å². The predicted molar refractivity (Wildman–Crippen MR) is 210 cm³/mol. The van der Waals surface area contributed by atoms with Gasteiger partial charge in [-0.25, -0.2) is 15.9 Å². The first-order chi connectivity index (χ1) is 25.4. The normalized spacial score (nSPS) is 14.5. The van der Waals surface area contributed by atoms with Crippen LogP contribution in [0.3, 0.4) is 0 Å². The van der Waals surface area contributed by atoms with E-state index >= 15 is 0 Å². The third-order valence-electron chi connectivity index (χ3n) is 8.75. The molecule has 0 bridgehead atoms. The molecule has 1 aliphatic heterocycles. The quantitative estimate of drug-likeness (QED) is 0.0277. The molecule has 0 aliphatic carbocycles. The number of benzene rings is 4. The van der Waals surface area contributed by atoms with Gasteiger partial charge in [0, 0.05) is 53.3 Å². The van der Waals surface area contributed by atoms with Crippen molar-refractivity contribution >= 4 is 74.8 Å². The van der Waals surface area contributed by atoms with E-state index in [1.54, 1.807) is 23.1 Å². The Balaban J connectivity index is 1.22. The summed E-state index contributed by atoms with van der Waals surface area (Å²) in [5, 5.41) is 18.0. The molecule has 272 valence electrons. The van der Waals surface area contributed by atoms with E-state index in [0.717, 1.165) is 67.8 Å². The van der Waals surface area contributed by atoms with Gasteiger partial charge in [0.25, 0.3) is 5.01 Å². The number of hydrogen-bond acceptors (Lipinski definition) is 11. The van der Waals surface area contributed by atoms with Crippen molar-refractivity contribution < 1.29 is 33.6 Å². The molecule has 1 aromatic heterocycles. The van der Waals surface area contributed by atoms with Crippen molar-refractivity contribution in [3.63, 3.8) is 0 Å². The number of carbonyl (C=O) groups is 1. The van der Waals surface area contributed by atoms with Gasteiger partial charge in [-0.2, -0.15) is 4.57 Å². The van der Waals surface area contributed by atoms with Crippen molar-refractivity contribution in [3.8, 4) is 11.1 Å². The molecule has 5 aromatic rings. The van der Waals surface area contributed by atoms with Crippen LogP contribution in [0.2, 0.25) is 5.02 Å². The predicted octanol–water partition coefficient (Wildman–Crippen LogP) is 9.24. The highest BCUT2D eigenvalue weighted by atomic mass is 35.5. The molecule has 0 saturated heterocycles. The van der Waals surface area contributed by atoms with E-state index < -0.39 is 11.7 Å². The maximum Gasteiger partial charge on any atom is 0.407 e. The van der Waals surface area contributed by atoms with E-state index in [1.807, 2.05) is 73.7 Å². The Kier molecular flexibility index (Phi) is 13.5. The van der Waals surface area contributed by atoms with Crippen molar-refractivity contribution in [2.45, 2.75) is 49.8 Å². The Bertz CT molecular complexity index is 1980. The number of aryl methyl sites for hydroxylation is 1. The van der Waals surface area contributed by atoms with Crippen LogP contribution in [0.5, 0.6) is 0 Å².